The molecule has 0 aliphatic heterocycles. The van der Waals surface area contributed by atoms with Gasteiger partial charge in [-0.1, -0.05) is 38.5 Å². The summed E-state index contributed by atoms with van der Waals surface area (Å²) in [5.74, 6) is 1.60. The van der Waals surface area contributed by atoms with Crippen molar-refractivity contribution in [1.29, 1.82) is 10.5 Å². The van der Waals surface area contributed by atoms with Gasteiger partial charge in [0.1, 0.15) is 11.5 Å². The molecule has 0 radical (unpaired) electrons. The fourth-order valence-corrected chi connectivity index (χ4v) is 13.4. The van der Waals surface area contributed by atoms with Crippen molar-refractivity contribution in [2.24, 2.45) is 0 Å². The molecule has 0 amide bonds. The number of benzene rings is 2. The molecule has 0 atom stereocenters. The first-order valence-corrected chi connectivity index (χ1v) is 21.2. The first-order chi connectivity index (χ1) is 26.9. The number of methoxy groups -OCH3 is 2. The van der Waals surface area contributed by atoms with Crippen molar-refractivity contribution >= 4 is 89.6 Å². The highest BCUT2D eigenvalue weighted by molar-refractivity contribution is 7.25. The van der Waals surface area contributed by atoms with E-state index in [1.165, 1.54) is 92.1 Å². The summed E-state index contributed by atoms with van der Waals surface area (Å²) in [6.07, 6.45) is 19.6. The smallest absolute Gasteiger partial charge is 0.263 e. The summed E-state index contributed by atoms with van der Waals surface area (Å²) < 4.78 is 14.5. The number of ether oxygens (including phenoxy) is 2. The molecule has 3 heterocycles. The van der Waals surface area contributed by atoms with Gasteiger partial charge in [-0.2, -0.15) is 0 Å². The third-order valence-corrected chi connectivity index (χ3v) is 15.6. The van der Waals surface area contributed by atoms with Crippen LogP contribution in [0.1, 0.15) is 106 Å². The van der Waals surface area contributed by atoms with Gasteiger partial charge in [-0.15, -0.1) is 34.0 Å². The number of rotatable bonds is 6. The van der Waals surface area contributed by atoms with Crippen LogP contribution in [0.4, 0.5) is 0 Å². The Kier molecular flexibility index (Phi) is 8.79. The third kappa shape index (κ3) is 5.49. The van der Waals surface area contributed by atoms with Gasteiger partial charge in [-0.3, -0.25) is 0 Å². The first kappa shape index (κ1) is 35.3. The Balaban J connectivity index is 1.19. The van der Waals surface area contributed by atoms with Gasteiger partial charge in [0.2, 0.25) is 0 Å². The van der Waals surface area contributed by atoms with Gasteiger partial charge in [-0.25, -0.2) is 20.2 Å². The lowest BCUT2D eigenvalue weighted by atomic mass is 9.66. The maximum Gasteiger partial charge on any atom is 0.263 e. The van der Waals surface area contributed by atoms with Crippen molar-refractivity contribution in [3.05, 3.63) is 112 Å². The van der Waals surface area contributed by atoms with E-state index in [1.54, 1.807) is 49.0 Å². The highest BCUT2D eigenvalue weighted by Gasteiger charge is 2.46. The molecular formula is C46H36N4O2S3. The lowest BCUT2D eigenvalue weighted by Gasteiger charge is -2.38. The summed E-state index contributed by atoms with van der Waals surface area (Å²) in [6, 6.07) is 17.8. The topological polar surface area (TPSA) is 74.8 Å². The second kappa shape index (κ2) is 13.7. The minimum Gasteiger partial charge on any atom is -0.495 e. The molecule has 2 fully saturated rings. The Labute approximate surface area is 333 Å². The van der Waals surface area contributed by atoms with Crippen molar-refractivity contribution in [2.45, 2.75) is 75.0 Å². The van der Waals surface area contributed by atoms with Gasteiger partial charge in [-0.05, 0) is 120 Å². The second-order valence-electron chi connectivity index (χ2n) is 15.0. The van der Waals surface area contributed by atoms with Gasteiger partial charge in [0.15, 0.2) is 0 Å². The van der Waals surface area contributed by atoms with E-state index in [0.717, 1.165) is 56.7 Å². The Morgan fingerprint density at radius 1 is 0.636 bits per heavy atom. The fourth-order valence-electron chi connectivity index (χ4n) is 9.85. The SMILES string of the molecule is [C-]#[N+]/C(C#N)=C\c1cc(OC)c(C2=Cc3cc4sc5cc6c(cc5c4cc3C23CCCCC3)C2(CCCCC2)C(c2sc(/C=C(\C#N)[N+]#[C-])cc2OC)=C6)s1. The van der Waals surface area contributed by atoms with E-state index < -0.39 is 0 Å². The van der Waals surface area contributed by atoms with Crippen LogP contribution in [0.25, 0.3) is 65.3 Å². The minimum atomic E-state index is -0.121. The summed E-state index contributed by atoms with van der Waals surface area (Å²) >= 11 is 5.10. The number of nitriles is 2. The Morgan fingerprint density at radius 2 is 1.05 bits per heavy atom. The molecule has 5 aromatic rings. The lowest BCUT2D eigenvalue weighted by molar-refractivity contribution is 0.370. The molecule has 4 aliphatic carbocycles. The van der Waals surface area contributed by atoms with Crippen molar-refractivity contribution in [3.63, 3.8) is 0 Å². The molecule has 0 N–H and O–H groups in total. The van der Waals surface area contributed by atoms with Gasteiger partial charge < -0.3 is 9.47 Å². The maximum atomic E-state index is 9.45. The van der Waals surface area contributed by atoms with Crippen LogP contribution in [-0.2, 0) is 10.8 Å². The monoisotopic (exact) mass is 772 g/mol. The molecule has 9 heteroatoms. The molecule has 2 saturated carbocycles. The van der Waals surface area contributed by atoms with E-state index in [2.05, 4.69) is 46.1 Å². The molecule has 55 heavy (non-hydrogen) atoms. The number of fused-ring (bicyclic) bond motifs is 7. The molecule has 0 bridgehead atoms. The number of hydrogen-bond acceptors (Lipinski definition) is 7. The van der Waals surface area contributed by atoms with Crippen molar-refractivity contribution < 1.29 is 9.47 Å². The lowest BCUT2D eigenvalue weighted by Crippen LogP contribution is -2.28. The van der Waals surface area contributed by atoms with E-state index in [-0.39, 0.29) is 22.2 Å². The van der Waals surface area contributed by atoms with Crippen LogP contribution < -0.4 is 9.47 Å². The summed E-state index contributed by atoms with van der Waals surface area (Å²) in [7, 11) is 3.42. The average Bonchev–Trinajstić information content (AvgIpc) is 4.03. The zero-order valence-electron chi connectivity index (χ0n) is 30.7. The van der Waals surface area contributed by atoms with Crippen LogP contribution >= 0.6 is 34.0 Å². The Bertz CT molecular complexity index is 2530. The standard InChI is InChI=1S/C46H36N4O2S3/c1-49-29(25-47)19-31-21-39(51-3)43(53-31)37-15-27-17-41-33(23-35(27)45(37)11-7-5-8-12-45)34-24-36-28(18-42(34)55-41)16-38(46(36)13-9-6-10-14-46)44-40(52-4)22-32(54-44)20-30(26-48)50-2/h15-24H,5-14H2,3-4H3/b29-19-,30-20+. The van der Waals surface area contributed by atoms with Crippen LogP contribution in [-0.4, -0.2) is 14.2 Å². The second-order valence-corrected chi connectivity index (χ2v) is 18.2. The van der Waals surface area contributed by atoms with E-state index in [1.807, 2.05) is 35.6 Å². The number of hydrogen-bond donors (Lipinski definition) is 0. The molecule has 270 valence electrons. The molecule has 0 saturated heterocycles. The van der Waals surface area contributed by atoms with Gasteiger partial charge in [0, 0.05) is 40.8 Å². The normalized spacial score (nSPS) is 18.3. The molecular weight excluding hydrogens is 737 g/mol. The van der Waals surface area contributed by atoms with E-state index >= 15 is 0 Å². The maximum absolute atomic E-state index is 9.45. The first-order valence-electron chi connectivity index (χ1n) is 18.7. The largest absolute Gasteiger partial charge is 0.495 e. The highest BCUT2D eigenvalue weighted by Crippen LogP contribution is 2.61. The van der Waals surface area contributed by atoms with Crippen LogP contribution in [0, 0.1) is 35.8 Å². The highest BCUT2D eigenvalue weighted by atomic mass is 32.1. The predicted octanol–water partition coefficient (Wildman–Crippen LogP) is 13.3. The minimum absolute atomic E-state index is 0.0738. The predicted molar refractivity (Wildman–Crippen MR) is 227 cm³/mol. The number of thiophene rings is 3. The van der Waals surface area contributed by atoms with Crippen LogP contribution in [0.3, 0.4) is 0 Å². The van der Waals surface area contributed by atoms with E-state index in [9.17, 15) is 10.5 Å². The summed E-state index contributed by atoms with van der Waals surface area (Å²) in [4.78, 5) is 10.7. The number of nitrogens with zero attached hydrogens (tertiary/aromatic N) is 4. The molecule has 9 rings (SSSR count). The van der Waals surface area contributed by atoms with Gasteiger partial charge in [0.05, 0.1) is 49.3 Å². The Morgan fingerprint density at radius 3 is 1.42 bits per heavy atom. The Hall–Kier alpha value is -5.42. The van der Waals surface area contributed by atoms with Crippen LogP contribution in [0.5, 0.6) is 11.5 Å². The van der Waals surface area contributed by atoms with E-state index in [4.69, 9.17) is 22.6 Å². The molecule has 2 spiro atoms. The quantitative estimate of drug-likeness (QED) is 0.127. The van der Waals surface area contributed by atoms with Gasteiger partial charge in [0.25, 0.3) is 11.4 Å². The molecule has 4 aliphatic rings. The molecule has 3 aromatic heterocycles. The van der Waals surface area contributed by atoms with Crippen molar-refractivity contribution in [3.8, 4) is 23.6 Å². The average molecular weight is 773 g/mol. The third-order valence-electron chi connectivity index (χ3n) is 12.3. The number of allylic oxidation sites excluding steroid dienone is 4. The fraction of sp³-hybridized carbons (Fsp3) is 0.304. The van der Waals surface area contributed by atoms with Crippen molar-refractivity contribution in [2.75, 3.05) is 14.2 Å². The molecule has 2 aromatic carbocycles. The summed E-state index contributed by atoms with van der Waals surface area (Å²) in [6.45, 7) is 14.8. The molecule has 6 nitrogen and oxygen atoms in total. The van der Waals surface area contributed by atoms with Crippen LogP contribution in [0.15, 0.2) is 47.8 Å². The summed E-state index contributed by atoms with van der Waals surface area (Å²) in [5, 5.41) is 21.6. The molecule has 0 unspecified atom stereocenters. The van der Waals surface area contributed by atoms with Crippen LogP contribution in [0.2, 0.25) is 0 Å². The summed E-state index contributed by atoms with van der Waals surface area (Å²) in [5.41, 5.74) is 7.91. The zero-order chi connectivity index (χ0) is 37.9. The van der Waals surface area contributed by atoms with Gasteiger partial charge >= 0.3 is 0 Å². The van der Waals surface area contributed by atoms with E-state index in [0.29, 0.717) is 0 Å². The zero-order valence-corrected chi connectivity index (χ0v) is 33.1. The van der Waals surface area contributed by atoms with Crippen molar-refractivity contribution in [1.82, 2.24) is 0 Å².